The normalized spacial score (nSPS) is 26.5. The lowest BCUT2D eigenvalue weighted by molar-refractivity contribution is -0.137. The number of anilines is 2. The van der Waals surface area contributed by atoms with Crippen molar-refractivity contribution in [2.75, 3.05) is 17.3 Å². The van der Waals surface area contributed by atoms with Gasteiger partial charge in [-0.05, 0) is 67.7 Å². The first-order chi connectivity index (χ1) is 16.8. The van der Waals surface area contributed by atoms with E-state index >= 15 is 0 Å². The van der Waals surface area contributed by atoms with Crippen LogP contribution in [0.3, 0.4) is 0 Å². The van der Waals surface area contributed by atoms with Crippen molar-refractivity contribution in [2.24, 2.45) is 11.8 Å². The van der Waals surface area contributed by atoms with Crippen LogP contribution in [0.1, 0.15) is 54.4 Å². The highest BCUT2D eigenvalue weighted by Gasteiger charge is 2.52. The van der Waals surface area contributed by atoms with E-state index in [1.807, 2.05) is 16.6 Å². The molecule has 1 aliphatic heterocycles. The molecule has 2 aliphatic carbocycles. The molecule has 0 bridgehead atoms. The lowest BCUT2D eigenvalue weighted by atomic mass is 9.53. The molecule has 2 fully saturated rings. The number of rotatable bonds is 5. The van der Waals surface area contributed by atoms with Crippen molar-refractivity contribution in [3.05, 3.63) is 58.8 Å². The number of nitrogens with zero attached hydrogens (tertiary/aromatic N) is 6. The van der Waals surface area contributed by atoms with Gasteiger partial charge in [0.25, 0.3) is 0 Å². The predicted molar refractivity (Wildman–Crippen MR) is 122 cm³/mol. The summed E-state index contributed by atoms with van der Waals surface area (Å²) in [5.74, 6) is 2.96. The molecule has 1 N–H and O–H groups in total. The van der Waals surface area contributed by atoms with E-state index in [1.54, 1.807) is 19.1 Å². The molecule has 184 valence electrons. The van der Waals surface area contributed by atoms with Crippen molar-refractivity contribution >= 4 is 12.0 Å². The van der Waals surface area contributed by atoms with Crippen molar-refractivity contribution in [2.45, 2.75) is 57.3 Å². The number of nitrogens with one attached hydrogen (secondary N) is 1. The van der Waals surface area contributed by atoms with Gasteiger partial charge in [-0.15, -0.1) is 5.10 Å². The number of halogens is 3. The standard InChI is InChI=1S/C24H26F3N7O/c1-13-28-23(35-32-13)33(2)12-19-17-9-10-18(17)20(19)29-22-30-21-16(4-3-11-34(21)31-22)14-5-7-15(8-6-14)24(25,26)27/h5-8,12,16-18,20H,3-4,9-11H2,1-2H3,(H,29,31)/b19-12+/t16?,17?,18?,20-/m1/s1. The van der Waals surface area contributed by atoms with E-state index < -0.39 is 11.7 Å². The average molecular weight is 486 g/mol. The van der Waals surface area contributed by atoms with Crippen molar-refractivity contribution < 1.29 is 17.7 Å². The smallest absolute Gasteiger partial charge is 0.346 e. The molecule has 3 unspecified atom stereocenters. The summed E-state index contributed by atoms with van der Waals surface area (Å²) in [7, 11) is 1.89. The number of aryl methyl sites for hydroxylation is 2. The lowest BCUT2D eigenvalue weighted by Crippen LogP contribution is -2.55. The summed E-state index contributed by atoms with van der Waals surface area (Å²) in [6, 6.07) is 6.00. The molecule has 3 aromatic rings. The van der Waals surface area contributed by atoms with Crippen LogP contribution in [-0.4, -0.2) is 38.0 Å². The van der Waals surface area contributed by atoms with Gasteiger partial charge >= 0.3 is 12.2 Å². The highest BCUT2D eigenvalue weighted by molar-refractivity contribution is 5.45. The Hall–Kier alpha value is -3.37. The quantitative estimate of drug-likeness (QED) is 0.558. The molecule has 3 aliphatic rings. The molecule has 11 heteroatoms. The zero-order valence-electron chi connectivity index (χ0n) is 19.5. The molecule has 35 heavy (non-hydrogen) atoms. The maximum atomic E-state index is 13.0. The van der Waals surface area contributed by atoms with E-state index in [0.717, 1.165) is 55.7 Å². The molecule has 2 aromatic heterocycles. The second-order valence-corrected chi connectivity index (χ2v) is 9.67. The van der Waals surface area contributed by atoms with E-state index in [2.05, 4.69) is 21.7 Å². The van der Waals surface area contributed by atoms with Gasteiger partial charge in [-0.25, -0.2) is 4.68 Å². The van der Waals surface area contributed by atoms with Crippen LogP contribution in [0.25, 0.3) is 0 Å². The Balaban J connectivity index is 1.22. The monoisotopic (exact) mass is 485 g/mol. The van der Waals surface area contributed by atoms with E-state index in [0.29, 0.717) is 29.6 Å². The Labute approximate surface area is 200 Å². The van der Waals surface area contributed by atoms with Gasteiger partial charge in [-0.3, -0.25) is 0 Å². The van der Waals surface area contributed by atoms with Gasteiger partial charge in [0.05, 0.1) is 11.6 Å². The predicted octanol–water partition coefficient (Wildman–Crippen LogP) is 4.75. The summed E-state index contributed by atoms with van der Waals surface area (Å²) in [6.45, 7) is 2.54. The highest BCUT2D eigenvalue weighted by atomic mass is 19.4. The first-order valence-corrected chi connectivity index (χ1v) is 11.9. The summed E-state index contributed by atoms with van der Waals surface area (Å²) in [6.07, 6.45) is 1.77. The molecule has 0 radical (unpaired) electrons. The fraction of sp³-hybridized carbons (Fsp3) is 0.500. The van der Waals surface area contributed by atoms with Crippen molar-refractivity contribution in [3.63, 3.8) is 0 Å². The molecule has 4 atom stereocenters. The topological polar surface area (TPSA) is 84.9 Å². The highest BCUT2D eigenvalue weighted by Crippen LogP contribution is 2.55. The lowest BCUT2D eigenvalue weighted by Gasteiger charge is -2.55. The maximum Gasteiger partial charge on any atom is 0.416 e. The van der Waals surface area contributed by atoms with Crippen molar-refractivity contribution in [1.82, 2.24) is 24.9 Å². The molecule has 1 aromatic carbocycles. The number of fused-ring (bicyclic) bond motifs is 2. The van der Waals surface area contributed by atoms with Gasteiger partial charge < -0.3 is 14.7 Å². The number of hydrogen-bond donors (Lipinski definition) is 1. The Morgan fingerprint density at radius 1 is 1.14 bits per heavy atom. The van der Waals surface area contributed by atoms with Gasteiger partial charge in [-0.1, -0.05) is 17.3 Å². The summed E-state index contributed by atoms with van der Waals surface area (Å²) in [4.78, 5) is 10.9. The van der Waals surface area contributed by atoms with E-state index in [1.165, 1.54) is 5.57 Å². The first-order valence-electron chi connectivity index (χ1n) is 11.9. The third-order valence-corrected chi connectivity index (χ3v) is 7.50. The molecule has 0 saturated heterocycles. The zero-order chi connectivity index (χ0) is 24.3. The molecule has 6 rings (SSSR count). The number of alkyl halides is 3. The first kappa shape index (κ1) is 22.1. The van der Waals surface area contributed by atoms with Crippen LogP contribution in [0.5, 0.6) is 0 Å². The molecule has 8 nitrogen and oxygen atoms in total. The SMILES string of the molecule is Cc1noc(N(C)/C=C2\C3CCC3[C@H]2Nc2nc3n(n2)CCCC3c2ccc(C(F)(F)F)cc2)n1. The molecule has 0 amide bonds. The maximum absolute atomic E-state index is 13.0. The Bertz CT molecular complexity index is 1260. The second kappa shape index (κ2) is 8.10. The molecular formula is C24H26F3N7O. The molecular weight excluding hydrogens is 459 g/mol. The zero-order valence-corrected chi connectivity index (χ0v) is 19.5. The van der Waals surface area contributed by atoms with Crippen LogP contribution in [-0.2, 0) is 12.7 Å². The minimum atomic E-state index is -4.34. The summed E-state index contributed by atoms with van der Waals surface area (Å²) >= 11 is 0. The van der Waals surface area contributed by atoms with Gasteiger partial charge in [0.15, 0.2) is 5.82 Å². The number of benzene rings is 1. The average Bonchev–Trinajstić information content (AvgIpc) is 3.42. The fourth-order valence-electron chi connectivity index (χ4n) is 5.54. The summed E-state index contributed by atoms with van der Waals surface area (Å²) in [5, 5.41) is 12.1. The second-order valence-electron chi connectivity index (χ2n) is 9.67. The number of aromatic nitrogens is 5. The third kappa shape index (κ3) is 3.86. The third-order valence-electron chi connectivity index (χ3n) is 7.50. The largest absolute Gasteiger partial charge is 0.416 e. The van der Waals surface area contributed by atoms with E-state index in [-0.39, 0.29) is 12.0 Å². The van der Waals surface area contributed by atoms with Crippen LogP contribution < -0.4 is 10.2 Å². The summed E-state index contributed by atoms with van der Waals surface area (Å²) in [5.41, 5.74) is 1.46. The van der Waals surface area contributed by atoms with Crippen LogP contribution >= 0.6 is 0 Å². The Kier molecular flexibility index (Phi) is 5.12. The number of hydrogen-bond acceptors (Lipinski definition) is 7. The molecule has 2 saturated carbocycles. The van der Waals surface area contributed by atoms with Crippen molar-refractivity contribution in [3.8, 4) is 0 Å². The van der Waals surface area contributed by atoms with Gasteiger partial charge in [0, 0.05) is 25.7 Å². The van der Waals surface area contributed by atoms with Crippen LogP contribution in [0.15, 0.2) is 40.6 Å². The minimum Gasteiger partial charge on any atom is -0.346 e. The van der Waals surface area contributed by atoms with Gasteiger partial charge in [0.1, 0.15) is 5.82 Å². The Morgan fingerprint density at radius 3 is 2.60 bits per heavy atom. The summed E-state index contributed by atoms with van der Waals surface area (Å²) < 4.78 is 46.1. The molecule has 0 spiro atoms. The van der Waals surface area contributed by atoms with Crippen molar-refractivity contribution in [1.29, 1.82) is 0 Å². The van der Waals surface area contributed by atoms with Crippen LogP contribution in [0, 0.1) is 18.8 Å². The van der Waals surface area contributed by atoms with E-state index in [4.69, 9.17) is 14.6 Å². The Morgan fingerprint density at radius 2 is 1.94 bits per heavy atom. The van der Waals surface area contributed by atoms with Gasteiger partial charge in [-0.2, -0.15) is 23.1 Å². The minimum absolute atomic E-state index is 0.0752. The van der Waals surface area contributed by atoms with E-state index in [9.17, 15) is 13.2 Å². The van der Waals surface area contributed by atoms with Crippen LogP contribution in [0.4, 0.5) is 25.1 Å². The fourth-order valence-corrected chi connectivity index (χ4v) is 5.54. The molecule has 3 heterocycles. The van der Waals surface area contributed by atoms with Crippen LogP contribution in [0.2, 0.25) is 0 Å². The van der Waals surface area contributed by atoms with Gasteiger partial charge in [0.2, 0.25) is 5.95 Å².